The van der Waals surface area contributed by atoms with Crippen molar-refractivity contribution in [2.75, 3.05) is 19.0 Å². The van der Waals surface area contributed by atoms with Crippen molar-refractivity contribution in [3.05, 3.63) is 59.7 Å². The van der Waals surface area contributed by atoms with Gasteiger partial charge in [0, 0.05) is 18.2 Å². The molecule has 0 bridgehead atoms. The van der Waals surface area contributed by atoms with E-state index in [4.69, 9.17) is 4.74 Å². The molecule has 8 heteroatoms. The van der Waals surface area contributed by atoms with Crippen LogP contribution in [0.3, 0.4) is 0 Å². The van der Waals surface area contributed by atoms with E-state index < -0.39 is 17.8 Å². The third kappa shape index (κ3) is 4.52. The first-order valence-electron chi connectivity index (χ1n) is 10.2. The van der Waals surface area contributed by atoms with E-state index >= 15 is 0 Å². The fourth-order valence-electron chi connectivity index (χ4n) is 4.20. The van der Waals surface area contributed by atoms with Crippen LogP contribution >= 0.6 is 0 Å². The Balaban J connectivity index is 1.41. The summed E-state index contributed by atoms with van der Waals surface area (Å²) in [7, 11) is 1.56. The van der Waals surface area contributed by atoms with Gasteiger partial charge in [0.25, 0.3) is 0 Å². The number of amides is 2. The van der Waals surface area contributed by atoms with Crippen LogP contribution in [0.25, 0.3) is 0 Å². The van der Waals surface area contributed by atoms with Gasteiger partial charge in [-0.25, -0.2) is 0 Å². The quantitative estimate of drug-likeness (QED) is 0.760. The molecule has 31 heavy (non-hydrogen) atoms. The normalized spacial score (nSPS) is 22.8. The molecule has 164 valence electrons. The molecule has 0 radical (unpaired) electrons. The fraction of sp³-hybridized carbons (Fsp3) is 0.391. The maximum atomic E-state index is 13.0. The molecule has 2 aromatic rings. The Bertz CT molecular complexity index is 975. The van der Waals surface area contributed by atoms with Gasteiger partial charge < -0.3 is 15.0 Å². The highest BCUT2D eigenvalue weighted by molar-refractivity contribution is 5.98. The second-order valence-electron chi connectivity index (χ2n) is 7.98. The van der Waals surface area contributed by atoms with Crippen molar-refractivity contribution in [2.24, 2.45) is 5.92 Å². The number of carbonyl (C=O) groups is 2. The van der Waals surface area contributed by atoms with Crippen LogP contribution in [0.2, 0.25) is 0 Å². The molecule has 1 saturated carbocycles. The number of nitrogens with zero attached hydrogens (tertiary/aromatic N) is 1. The minimum absolute atomic E-state index is 0.158. The van der Waals surface area contributed by atoms with Crippen molar-refractivity contribution in [1.29, 1.82) is 0 Å². The number of likely N-dealkylation sites (tertiary alicyclic amines) is 1. The van der Waals surface area contributed by atoms with Crippen LogP contribution < -0.4 is 10.1 Å². The average molecular weight is 432 g/mol. The number of ether oxygens (including phenoxy) is 1. The minimum Gasteiger partial charge on any atom is -0.497 e. The first-order valence-corrected chi connectivity index (χ1v) is 10.2. The number of hydrogen-bond acceptors (Lipinski definition) is 3. The van der Waals surface area contributed by atoms with Crippen LogP contribution in [0.15, 0.2) is 48.5 Å². The molecule has 3 unspecified atom stereocenters. The topological polar surface area (TPSA) is 58.6 Å². The Hall–Kier alpha value is -3.03. The van der Waals surface area contributed by atoms with E-state index in [1.807, 2.05) is 0 Å². The molecule has 2 aliphatic rings. The first-order chi connectivity index (χ1) is 14.8. The molecule has 1 saturated heterocycles. The summed E-state index contributed by atoms with van der Waals surface area (Å²) in [4.78, 5) is 27.4. The van der Waals surface area contributed by atoms with Crippen molar-refractivity contribution < 1.29 is 27.5 Å². The molecule has 4 rings (SSSR count). The van der Waals surface area contributed by atoms with Crippen molar-refractivity contribution in [3.63, 3.8) is 0 Å². The smallest absolute Gasteiger partial charge is 0.416 e. The van der Waals surface area contributed by atoms with E-state index in [-0.39, 0.29) is 23.7 Å². The summed E-state index contributed by atoms with van der Waals surface area (Å²) in [5, 5.41) is 2.83. The lowest BCUT2D eigenvalue weighted by atomic mass is 10.0. The molecule has 1 N–H and O–H groups in total. The number of anilines is 1. The summed E-state index contributed by atoms with van der Waals surface area (Å²) < 4.78 is 44.1. The number of halogens is 3. The highest BCUT2D eigenvalue weighted by Crippen LogP contribution is 2.50. The van der Waals surface area contributed by atoms with Gasteiger partial charge in [0.15, 0.2) is 0 Å². The van der Waals surface area contributed by atoms with Gasteiger partial charge in [-0.2, -0.15) is 13.2 Å². The van der Waals surface area contributed by atoms with Crippen LogP contribution in [0.5, 0.6) is 5.75 Å². The van der Waals surface area contributed by atoms with Gasteiger partial charge in [-0.05, 0) is 61.1 Å². The van der Waals surface area contributed by atoms with Crippen LogP contribution in [0, 0.1) is 5.92 Å². The summed E-state index contributed by atoms with van der Waals surface area (Å²) in [5.41, 5.74) is 0.422. The number of hydrogen-bond donors (Lipinski definition) is 1. The zero-order valence-corrected chi connectivity index (χ0v) is 17.0. The monoisotopic (exact) mass is 432 g/mol. The third-order valence-electron chi connectivity index (χ3n) is 5.95. The number of methoxy groups -OCH3 is 1. The van der Waals surface area contributed by atoms with Gasteiger partial charge in [-0.3, -0.25) is 9.59 Å². The largest absolute Gasteiger partial charge is 0.497 e. The maximum Gasteiger partial charge on any atom is 0.416 e. The lowest BCUT2D eigenvalue weighted by Crippen LogP contribution is -2.44. The first kappa shape index (κ1) is 21.2. The highest BCUT2D eigenvalue weighted by Gasteiger charge is 2.49. The standard InChI is InChI=1S/C23H23F3N2O3/c1-31-17-9-7-16(8-10-17)27-21(29)20-6-3-11-28(20)22(30)19-13-18(19)14-4-2-5-15(12-14)23(24,25)26/h2,4-5,7-10,12,18-20H,3,6,11,13H2,1H3,(H,27,29). The van der Waals surface area contributed by atoms with Gasteiger partial charge in [-0.15, -0.1) is 0 Å². The number of carbonyl (C=O) groups excluding carboxylic acids is 2. The molecule has 0 spiro atoms. The zero-order valence-electron chi connectivity index (χ0n) is 17.0. The third-order valence-corrected chi connectivity index (χ3v) is 5.95. The van der Waals surface area contributed by atoms with E-state index in [0.717, 1.165) is 12.1 Å². The van der Waals surface area contributed by atoms with Crippen LogP contribution in [0.1, 0.15) is 36.3 Å². The summed E-state index contributed by atoms with van der Waals surface area (Å²) in [5.74, 6) is -0.356. The molecule has 1 heterocycles. The predicted molar refractivity (Wildman–Crippen MR) is 109 cm³/mol. The van der Waals surface area contributed by atoms with Crippen LogP contribution in [0.4, 0.5) is 18.9 Å². The Morgan fingerprint density at radius 1 is 1.13 bits per heavy atom. The SMILES string of the molecule is COc1ccc(NC(=O)C2CCCN2C(=O)C2CC2c2cccc(C(F)(F)F)c2)cc1. The summed E-state index contributed by atoms with van der Waals surface area (Å²) >= 11 is 0. The lowest BCUT2D eigenvalue weighted by Gasteiger charge is -2.24. The van der Waals surface area contributed by atoms with E-state index in [2.05, 4.69) is 5.32 Å². The molecule has 1 aliphatic carbocycles. The molecular formula is C23H23F3N2O3. The molecular weight excluding hydrogens is 409 g/mol. The Morgan fingerprint density at radius 2 is 1.87 bits per heavy atom. The Morgan fingerprint density at radius 3 is 2.55 bits per heavy atom. The summed E-state index contributed by atoms with van der Waals surface area (Å²) in [6.45, 7) is 0.478. The van der Waals surface area contributed by atoms with Crippen molar-refractivity contribution >= 4 is 17.5 Å². The second kappa shape index (κ2) is 8.24. The molecule has 5 nitrogen and oxygen atoms in total. The Kier molecular flexibility index (Phi) is 5.64. The van der Waals surface area contributed by atoms with E-state index in [1.165, 1.54) is 6.07 Å². The van der Waals surface area contributed by atoms with Gasteiger partial charge >= 0.3 is 6.18 Å². The molecule has 3 atom stereocenters. The zero-order chi connectivity index (χ0) is 22.2. The number of nitrogens with one attached hydrogen (secondary N) is 1. The summed E-state index contributed by atoms with van der Waals surface area (Å²) in [6, 6.07) is 11.5. The van der Waals surface area contributed by atoms with Crippen LogP contribution in [-0.2, 0) is 15.8 Å². The molecule has 1 aliphatic heterocycles. The van der Waals surface area contributed by atoms with Gasteiger partial charge in [-0.1, -0.05) is 18.2 Å². The highest BCUT2D eigenvalue weighted by atomic mass is 19.4. The Labute approximate surface area is 178 Å². The fourth-order valence-corrected chi connectivity index (χ4v) is 4.20. The molecule has 2 aromatic carbocycles. The number of benzene rings is 2. The van der Waals surface area contributed by atoms with Gasteiger partial charge in [0.05, 0.1) is 12.7 Å². The second-order valence-corrected chi connectivity index (χ2v) is 7.98. The minimum atomic E-state index is -4.41. The van der Waals surface area contributed by atoms with E-state index in [0.29, 0.717) is 42.8 Å². The van der Waals surface area contributed by atoms with E-state index in [9.17, 15) is 22.8 Å². The van der Waals surface area contributed by atoms with Gasteiger partial charge in [0.1, 0.15) is 11.8 Å². The lowest BCUT2D eigenvalue weighted by molar-refractivity contribution is -0.137. The average Bonchev–Trinajstić information content (AvgIpc) is 3.40. The predicted octanol–water partition coefficient (Wildman–Crippen LogP) is 4.45. The van der Waals surface area contributed by atoms with Gasteiger partial charge in [0.2, 0.25) is 11.8 Å². The van der Waals surface area contributed by atoms with Crippen molar-refractivity contribution in [1.82, 2.24) is 4.90 Å². The number of rotatable bonds is 5. The molecule has 2 amide bonds. The maximum absolute atomic E-state index is 13.0. The summed E-state index contributed by atoms with van der Waals surface area (Å²) in [6.07, 6.45) is -2.63. The van der Waals surface area contributed by atoms with Crippen molar-refractivity contribution in [2.45, 2.75) is 37.4 Å². The van der Waals surface area contributed by atoms with E-state index in [1.54, 1.807) is 42.3 Å². The number of alkyl halides is 3. The van der Waals surface area contributed by atoms with Crippen molar-refractivity contribution in [3.8, 4) is 5.75 Å². The molecule has 2 fully saturated rings. The molecule has 0 aromatic heterocycles. The van der Waals surface area contributed by atoms with Crippen LogP contribution in [-0.4, -0.2) is 36.4 Å².